The first-order valence-electron chi connectivity index (χ1n) is 8.25. The number of carbonyl (C=O) groups is 2. The van der Waals surface area contributed by atoms with Crippen molar-refractivity contribution in [1.29, 1.82) is 0 Å². The van der Waals surface area contributed by atoms with E-state index in [0.29, 0.717) is 5.75 Å². The number of esters is 1. The van der Waals surface area contributed by atoms with Gasteiger partial charge in [-0.15, -0.1) is 0 Å². The molecule has 2 aromatic carbocycles. The first kappa shape index (κ1) is 20.0. The molecule has 5 nitrogen and oxygen atoms in total. The second-order valence-corrected chi connectivity index (χ2v) is 6.88. The van der Waals surface area contributed by atoms with Crippen LogP contribution in [0, 0.1) is 6.92 Å². The third-order valence-corrected chi connectivity index (χ3v) is 4.42. The summed E-state index contributed by atoms with van der Waals surface area (Å²) in [6, 6.07) is 14.4. The Morgan fingerprint density at radius 2 is 1.69 bits per heavy atom. The van der Waals surface area contributed by atoms with Crippen LogP contribution in [0.1, 0.15) is 30.5 Å². The molecule has 0 aromatic heterocycles. The molecular weight excluding hydrogens is 398 g/mol. The molecule has 0 aliphatic carbocycles. The average molecular weight is 420 g/mol. The molecule has 6 heteroatoms. The number of amides is 1. The van der Waals surface area contributed by atoms with Gasteiger partial charge < -0.3 is 14.8 Å². The third-order valence-electron chi connectivity index (χ3n) is 3.89. The van der Waals surface area contributed by atoms with Gasteiger partial charge in [-0.3, -0.25) is 9.59 Å². The molecule has 2 atom stereocenters. The summed E-state index contributed by atoms with van der Waals surface area (Å²) in [7, 11) is 1.33. The van der Waals surface area contributed by atoms with E-state index in [-0.39, 0.29) is 12.3 Å². The fraction of sp³-hybridized carbons (Fsp3) is 0.300. The number of aryl methyl sites for hydroxylation is 1. The SMILES string of the molecule is COC(=O)CC(NC(=O)C(C)Oc1ccc(C)cc1)c1ccc(Br)cc1. The van der Waals surface area contributed by atoms with Crippen LogP contribution in [-0.2, 0) is 14.3 Å². The molecule has 0 saturated heterocycles. The highest BCUT2D eigenvalue weighted by Gasteiger charge is 2.23. The zero-order valence-corrected chi connectivity index (χ0v) is 16.6. The van der Waals surface area contributed by atoms with E-state index in [1.807, 2.05) is 55.5 Å². The van der Waals surface area contributed by atoms with Crippen molar-refractivity contribution in [2.24, 2.45) is 0 Å². The van der Waals surface area contributed by atoms with Crippen molar-refractivity contribution in [3.63, 3.8) is 0 Å². The second kappa shape index (κ2) is 9.38. The summed E-state index contributed by atoms with van der Waals surface area (Å²) in [5, 5.41) is 2.87. The zero-order valence-electron chi connectivity index (χ0n) is 15.0. The second-order valence-electron chi connectivity index (χ2n) is 5.97. The van der Waals surface area contributed by atoms with Gasteiger partial charge in [0.05, 0.1) is 19.6 Å². The molecule has 1 amide bonds. The summed E-state index contributed by atoms with van der Waals surface area (Å²) >= 11 is 3.38. The summed E-state index contributed by atoms with van der Waals surface area (Å²) < 4.78 is 11.3. The van der Waals surface area contributed by atoms with Crippen LogP contribution in [0.4, 0.5) is 0 Å². The van der Waals surface area contributed by atoms with Crippen LogP contribution in [0.25, 0.3) is 0 Å². The van der Waals surface area contributed by atoms with E-state index in [4.69, 9.17) is 9.47 Å². The van der Waals surface area contributed by atoms with Gasteiger partial charge in [-0.2, -0.15) is 0 Å². The van der Waals surface area contributed by atoms with Gasteiger partial charge in [0, 0.05) is 4.47 Å². The van der Waals surface area contributed by atoms with Crippen molar-refractivity contribution < 1.29 is 19.1 Å². The van der Waals surface area contributed by atoms with E-state index >= 15 is 0 Å². The Kier molecular flexibility index (Phi) is 7.21. The minimum absolute atomic E-state index is 0.0428. The first-order valence-corrected chi connectivity index (χ1v) is 9.04. The third kappa shape index (κ3) is 5.88. The molecule has 0 bridgehead atoms. The van der Waals surface area contributed by atoms with Gasteiger partial charge in [0.25, 0.3) is 5.91 Å². The number of hydrogen-bond acceptors (Lipinski definition) is 4. The Balaban J connectivity index is 2.07. The molecule has 0 saturated carbocycles. The van der Waals surface area contributed by atoms with E-state index in [0.717, 1.165) is 15.6 Å². The summed E-state index contributed by atoms with van der Waals surface area (Å²) in [5.74, 6) is -0.0841. The molecule has 2 unspecified atom stereocenters. The van der Waals surface area contributed by atoms with Crippen molar-refractivity contribution in [2.45, 2.75) is 32.4 Å². The lowest BCUT2D eigenvalue weighted by Gasteiger charge is -2.21. The van der Waals surface area contributed by atoms with Gasteiger partial charge in [-0.1, -0.05) is 45.8 Å². The van der Waals surface area contributed by atoms with Gasteiger partial charge >= 0.3 is 5.97 Å². The molecule has 0 spiro atoms. The Morgan fingerprint density at radius 3 is 2.27 bits per heavy atom. The summed E-state index contributed by atoms with van der Waals surface area (Å²) in [6.07, 6.45) is -0.658. The van der Waals surface area contributed by atoms with Crippen LogP contribution in [-0.4, -0.2) is 25.1 Å². The molecular formula is C20H22BrNO4. The Morgan fingerprint density at radius 1 is 1.08 bits per heavy atom. The molecule has 0 aliphatic heterocycles. The number of carbonyl (C=O) groups excluding carboxylic acids is 2. The van der Waals surface area contributed by atoms with Crippen molar-refractivity contribution in [2.75, 3.05) is 7.11 Å². The Labute approximate surface area is 161 Å². The molecule has 26 heavy (non-hydrogen) atoms. The predicted octanol–water partition coefficient (Wildman–Crippen LogP) is 3.95. The Hall–Kier alpha value is -2.34. The average Bonchev–Trinajstić information content (AvgIpc) is 2.63. The highest BCUT2D eigenvalue weighted by atomic mass is 79.9. The van der Waals surface area contributed by atoms with E-state index in [1.165, 1.54) is 7.11 Å². The summed E-state index contributed by atoms with van der Waals surface area (Å²) in [6.45, 7) is 3.65. The van der Waals surface area contributed by atoms with Crippen LogP contribution in [0.3, 0.4) is 0 Å². The number of nitrogens with one attached hydrogen (secondary N) is 1. The standard InChI is InChI=1S/C20H22BrNO4/c1-13-4-10-17(11-5-13)26-14(2)20(24)22-18(12-19(23)25-3)15-6-8-16(21)9-7-15/h4-11,14,18H,12H2,1-3H3,(H,22,24). The number of methoxy groups -OCH3 is 1. The van der Waals surface area contributed by atoms with E-state index in [1.54, 1.807) is 6.92 Å². The van der Waals surface area contributed by atoms with Gasteiger partial charge in [-0.25, -0.2) is 0 Å². The maximum Gasteiger partial charge on any atom is 0.307 e. The highest BCUT2D eigenvalue weighted by molar-refractivity contribution is 9.10. The molecule has 0 radical (unpaired) electrons. The molecule has 0 heterocycles. The zero-order chi connectivity index (χ0) is 19.1. The van der Waals surface area contributed by atoms with Crippen LogP contribution in [0.5, 0.6) is 5.75 Å². The predicted molar refractivity (Wildman–Crippen MR) is 103 cm³/mol. The lowest BCUT2D eigenvalue weighted by molar-refractivity contribution is -0.141. The molecule has 138 valence electrons. The fourth-order valence-corrected chi connectivity index (χ4v) is 2.63. The van der Waals surface area contributed by atoms with E-state index < -0.39 is 18.1 Å². The van der Waals surface area contributed by atoms with Gasteiger partial charge in [0.15, 0.2) is 6.10 Å². The van der Waals surface area contributed by atoms with Gasteiger partial charge in [-0.05, 0) is 43.7 Å². The highest BCUT2D eigenvalue weighted by Crippen LogP contribution is 2.21. The molecule has 1 N–H and O–H groups in total. The molecule has 0 fully saturated rings. The summed E-state index contributed by atoms with van der Waals surface area (Å²) in [4.78, 5) is 24.3. The van der Waals surface area contributed by atoms with Crippen LogP contribution >= 0.6 is 15.9 Å². The van der Waals surface area contributed by atoms with E-state index in [2.05, 4.69) is 21.2 Å². The number of hydrogen-bond donors (Lipinski definition) is 1. The number of halogens is 1. The van der Waals surface area contributed by atoms with Gasteiger partial charge in [0.1, 0.15) is 5.75 Å². The number of benzene rings is 2. The number of ether oxygens (including phenoxy) is 2. The van der Waals surface area contributed by atoms with Crippen LogP contribution in [0.2, 0.25) is 0 Å². The lowest BCUT2D eigenvalue weighted by atomic mass is 10.0. The normalized spacial score (nSPS) is 12.8. The maximum absolute atomic E-state index is 12.5. The first-order chi connectivity index (χ1) is 12.4. The minimum Gasteiger partial charge on any atom is -0.481 e. The smallest absolute Gasteiger partial charge is 0.307 e. The van der Waals surface area contributed by atoms with Crippen molar-refractivity contribution in [1.82, 2.24) is 5.32 Å². The molecule has 2 rings (SSSR count). The largest absolute Gasteiger partial charge is 0.481 e. The van der Waals surface area contributed by atoms with Crippen molar-refractivity contribution in [3.8, 4) is 5.75 Å². The number of rotatable bonds is 7. The summed E-state index contributed by atoms with van der Waals surface area (Å²) in [5.41, 5.74) is 1.93. The fourth-order valence-electron chi connectivity index (χ4n) is 2.36. The lowest BCUT2D eigenvalue weighted by Crippen LogP contribution is -2.39. The monoisotopic (exact) mass is 419 g/mol. The minimum atomic E-state index is -0.701. The van der Waals surface area contributed by atoms with Crippen molar-refractivity contribution in [3.05, 3.63) is 64.1 Å². The van der Waals surface area contributed by atoms with E-state index in [9.17, 15) is 9.59 Å². The van der Waals surface area contributed by atoms with Crippen LogP contribution < -0.4 is 10.1 Å². The molecule has 0 aliphatic rings. The maximum atomic E-state index is 12.5. The van der Waals surface area contributed by atoms with Crippen LogP contribution in [0.15, 0.2) is 53.0 Å². The van der Waals surface area contributed by atoms with Gasteiger partial charge in [0.2, 0.25) is 0 Å². The molecule has 2 aromatic rings. The topological polar surface area (TPSA) is 64.6 Å². The quantitative estimate of drug-likeness (QED) is 0.690. The Bertz CT molecular complexity index is 743. The van der Waals surface area contributed by atoms with Crippen molar-refractivity contribution >= 4 is 27.8 Å².